The number of nitrogens with zero attached hydrogens (tertiary/aromatic N) is 2. The molecule has 1 saturated heterocycles. The first kappa shape index (κ1) is 17.1. The molecule has 0 amide bonds. The molecule has 1 aromatic rings. The molecule has 0 aliphatic carbocycles. The minimum Gasteiger partial charge on any atom is -0.383 e. The van der Waals surface area contributed by atoms with Crippen LogP contribution < -0.4 is 5.32 Å². The lowest BCUT2D eigenvalue weighted by Gasteiger charge is -2.21. The van der Waals surface area contributed by atoms with Gasteiger partial charge in [0, 0.05) is 42.3 Å². The third-order valence-corrected chi connectivity index (χ3v) is 6.33. The van der Waals surface area contributed by atoms with Gasteiger partial charge < -0.3 is 10.1 Å². The van der Waals surface area contributed by atoms with Gasteiger partial charge in [0.15, 0.2) is 0 Å². The van der Waals surface area contributed by atoms with E-state index in [4.69, 9.17) is 14.7 Å². The molecule has 0 aromatic carbocycles. The van der Waals surface area contributed by atoms with Crippen LogP contribution in [0.1, 0.15) is 28.0 Å². The first-order chi connectivity index (χ1) is 10.2. The van der Waals surface area contributed by atoms with Crippen LogP contribution in [0.25, 0.3) is 0 Å². The third-order valence-electron chi connectivity index (χ3n) is 3.58. The zero-order valence-corrected chi connectivity index (χ0v) is 14.8. The largest absolute Gasteiger partial charge is 0.383 e. The summed E-state index contributed by atoms with van der Waals surface area (Å²) in [6, 6.07) is 0. The van der Waals surface area contributed by atoms with E-state index in [1.54, 1.807) is 7.11 Å². The summed E-state index contributed by atoms with van der Waals surface area (Å²) in [5.74, 6) is 4.63. The van der Waals surface area contributed by atoms with Gasteiger partial charge in [0.25, 0.3) is 0 Å². The van der Waals surface area contributed by atoms with Gasteiger partial charge in [0.1, 0.15) is 5.82 Å². The standard InChI is InChI=1S/C15H25N3OS2/c1-11-13(4-5-16-6-7-19-3)12(2)18-15(17-11)14-10-20-8-9-21-14/h14,16H,4-10H2,1-3H3. The van der Waals surface area contributed by atoms with Crippen molar-refractivity contribution in [3.8, 4) is 0 Å². The maximum Gasteiger partial charge on any atom is 0.142 e. The fraction of sp³-hybridized carbons (Fsp3) is 0.733. The third kappa shape index (κ3) is 5.13. The number of hydrogen-bond acceptors (Lipinski definition) is 6. The maximum atomic E-state index is 5.03. The fourth-order valence-corrected chi connectivity index (χ4v) is 5.02. The molecule has 0 radical (unpaired) electrons. The molecule has 2 heterocycles. The summed E-state index contributed by atoms with van der Waals surface area (Å²) >= 11 is 4.01. The van der Waals surface area contributed by atoms with Crippen LogP contribution in [-0.4, -0.2) is 54.0 Å². The van der Waals surface area contributed by atoms with Gasteiger partial charge in [0.2, 0.25) is 0 Å². The molecule has 0 saturated carbocycles. The average molecular weight is 328 g/mol. The van der Waals surface area contributed by atoms with Gasteiger partial charge in [-0.1, -0.05) is 0 Å². The number of rotatable bonds is 7. The maximum absolute atomic E-state index is 5.03. The number of methoxy groups -OCH3 is 1. The molecule has 21 heavy (non-hydrogen) atoms. The number of hydrogen-bond donors (Lipinski definition) is 1. The van der Waals surface area contributed by atoms with Crippen LogP contribution in [0, 0.1) is 13.8 Å². The lowest BCUT2D eigenvalue weighted by atomic mass is 10.1. The molecule has 1 N–H and O–H groups in total. The summed E-state index contributed by atoms with van der Waals surface area (Å²) in [5.41, 5.74) is 3.57. The van der Waals surface area contributed by atoms with Crippen molar-refractivity contribution in [3.63, 3.8) is 0 Å². The van der Waals surface area contributed by atoms with E-state index >= 15 is 0 Å². The quantitative estimate of drug-likeness (QED) is 0.776. The van der Waals surface area contributed by atoms with E-state index in [0.717, 1.165) is 49.1 Å². The molecule has 0 bridgehead atoms. The summed E-state index contributed by atoms with van der Waals surface area (Å²) in [6.45, 7) is 6.82. The number of thioether (sulfide) groups is 2. The van der Waals surface area contributed by atoms with Gasteiger partial charge in [-0.25, -0.2) is 9.97 Å². The van der Waals surface area contributed by atoms with Crippen molar-refractivity contribution in [2.75, 3.05) is 44.1 Å². The van der Waals surface area contributed by atoms with E-state index in [2.05, 4.69) is 19.2 Å². The summed E-state index contributed by atoms with van der Waals surface area (Å²) < 4.78 is 5.03. The van der Waals surface area contributed by atoms with Crippen molar-refractivity contribution in [1.29, 1.82) is 0 Å². The molecular weight excluding hydrogens is 302 g/mol. The Kier molecular flexibility index (Phi) is 7.29. The van der Waals surface area contributed by atoms with Crippen molar-refractivity contribution in [2.24, 2.45) is 0 Å². The Morgan fingerprint density at radius 2 is 1.95 bits per heavy atom. The van der Waals surface area contributed by atoms with Crippen molar-refractivity contribution in [2.45, 2.75) is 25.5 Å². The molecule has 1 unspecified atom stereocenters. The van der Waals surface area contributed by atoms with Gasteiger partial charge in [0.05, 0.1) is 11.9 Å². The Morgan fingerprint density at radius 1 is 1.19 bits per heavy atom. The number of aromatic nitrogens is 2. The van der Waals surface area contributed by atoms with Gasteiger partial charge in [-0.2, -0.15) is 11.8 Å². The molecule has 4 nitrogen and oxygen atoms in total. The zero-order chi connectivity index (χ0) is 15.1. The number of aryl methyl sites for hydroxylation is 2. The van der Waals surface area contributed by atoms with E-state index in [1.807, 2.05) is 23.5 Å². The predicted molar refractivity (Wildman–Crippen MR) is 92.5 cm³/mol. The van der Waals surface area contributed by atoms with E-state index < -0.39 is 0 Å². The van der Waals surface area contributed by atoms with Gasteiger partial charge >= 0.3 is 0 Å². The van der Waals surface area contributed by atoms with Crippen molar-refractivity contribution in [1.82, 2.24) is 15.3 Å². The van der Waals surface area contributed by atoms with Crippen LogP contribution in [0.15, 0.2) is 0 Å². The van der Waals surface area contributed by atoms with E-state index in [9.17, 15) is 0 Å². The minimum atomic E-state index is 0.468. The lowest BCUT2D eigenvalue weighted by molar-refractivity contribution is 0.199. The summed E-state index contributed by atoms with van der Waals surface area (Å²) in [7, 11) is 1.73. The summed E-state index contributed by atoms with van der Waals surface area (Å²) in [4.78, 5) is 9.55. The molecule has 2 rings (SSSR count). The number of nitrogens with one attached hydrogen (secondary N) is 1. The monoisotopic (exact) mass is 327 g/mol. The second-order valence-electron chi connectivity index (χ2n) is 5.16. The highest BCUT2D eigenvalue weighted by molar-refractivity contribution is 8.06. The topological polar surface area (TPSA) is 47.0 Å². The number of ether oxygens (including phenoxy) is 1. The van der Waals surface area contributed by atoms with E-state index in [1.165, 1.54) is 17.1 Å². The molecule has 1 aromatic heterocycles. The second-order valence-corrected chi connectivity index (χ2v) is 7.62. The highest BCUT2D eigenvalue weighted by atomic mass is 32.2. The Morgan fingerprint density at radius 3 is 2.57 bits per heavy atom. The van der Waals surface area contributed by atoms with Crippen LogP contribution in [0.2, 0.25) is 0 Å². The molecule has 6 heteroatoms. The molecule has 1 atom stereocenters. The molecule has 1 aliphatic heterocycles. The highest BCUT2D eigenvalue weighted by Gasteiger charge is 2.20. The Labute approximate surface area is 136 Å². The van der Waals surface area contributed by atoms with Crippen LogP contribution >= 0.6 is 23.5 Å². The van der Waals surface area contributed by atoms with Gasteiger partial charge in [-0.3, -0.25) is 0 Å². The summed E-state index contributed by atoms with van der Waals surface area (Å²) in [5, 5.41) is 3.85. The smallest absolute Gasteiger partial charge is 0.142 e. The average Bonchev–Trinajstić information content (AvgIpc) is 2.50. The molecular formula is C15H25N3OS2. The van der Waals surface area contributed by atoms with Gasteiger partial charge in [-0.05, 0) is 32.4 Å². The Bertz CT molecular complexity index is 428. The molecule has 1 aliphatic rings. The van der Waals surface area contributed by atoms with E-state index in [-0.39, 0.29) is 0 Å². The summed E-state index contributed by atoms with van der Waals surface area (Å²) in [6.07, 6.45) is 0.980. The second kappa shape index (κ2) is 8.98. The Balaban J connectivity index is 1.96. The lowest BCUT2D eigenvalue weighted by Crippen LogP contribution is -2.23. The molecule has 0 spiro atoms. The van der Waals surface area contributed by atoms with Crippen LogP contribution in [0.5, 0.6) is 0 Å². The first-order valence-corrected chi connectivity index (χ1v) is 9.65. The van der Waals surface area contributed by atoms with Gasteiger partial charge in [-0.15, -0.1) is 11.8 Å². The molecule has 1 fully saturated rings. The minimum absolute atomic E-state index is 0.468. The molecule has 118 valence electrons. The fourth-order valence-electron chi connectivity index (χ4n) is 2.42. The normalized spacial score (nSPS) is 18.9. The van der Waals surface area contributed by atoms with Crippen molar-refractivity contribution in [3.05, 3.63) is 22.8 Å². The highest BCUT2D eigenvalue weighted by Crippen LogP contribution is 2.35. The van der Waals surface area contributed by atoms with Crippen LogP contribution in [0.3, 0.4) is 0 Å². The SMILES string of the molecule is COCCNCCc1c(C)nc(C2CSCCS2)nc1C. The zero-order valence-electron chi connectivity index (χ0n) is 13.1. The Hall–Kier alpha value is -0.300. The van der Waals surface area contributed by atoms with Crippen LogP contribution in [-0.2, 0) is 11.2 Å². The van der Waals surface area contributed by atoms with Crippen molar-refractivity contribution < 1.29 is 4.74 Å². The first-order valence-electron chi connectivity index (χ1n) is 7.45. The van der Waals surface area contributed by atoms with Crippen LogP contribution in [0.4, 0.5) is 0 Å². The van der Waals surface area contributed by atoms with Crippen molar-refractivity contribution >= 4 is 23.5 Å². The van der Waals surface area contributed by atoms with E-state index in [0.29, 0.717) is 5.25 Å². The predicted octanol–water partition coefficient (Wildman–Crippen LogP) is 2.39.